The monoisotopic (exact) mass is 318 g/mol. The van der Waals surface area contributed by atoms with Crippen LogP contribution < -0.4 is 10.2 Å². The minimum Gasteiger partial charge on any atom is -0.341 e. The summed E-state index contributed by atoms with van der Waals surface area (Å²) in [7, 11) is 2.11. The fourth-order valence-corrected chi connectivity index (χ4v) is 3.19. The van der Waals surface area contributed by atoms with E-state index in [1.165, 1.54) is 0 Å². The van der Waals surface area contributed by atoms with Crippen LogP contribution in [-0.2, 0) is 0 Å². The van der Waals surface area contributed by atoms with Crippen LogP contribution in [0.5, 0.6) is 0 Å². The first-order valence-electron chi connectivity index (χ1n) is 8.48. The van der Waals surface area contributed by atoms with Gasteiger partial charge in [-0.25, -0.2) is 14.8 Å². The van der Waals surface area contributed by atoms with Crippen molar-refractivity contribution in [2.45, 2.75) is 25.3 Å². The maximum Gasteiger partial charge on any atom is 0.317 e. The van der Waals surface area contributed by atoms with Gasteiger partial charge in [0, 0.05) is 51.2 Å². The van der Waals surface area contributed by atoms with Crippen molar-refractivity contribution in [2.24, 2.45) is 0 Å². The predicted octanol–water partition coefficient (Wildman–Crippen LogP) is 0.793. The van der Waals surface area contributed by atoms with E-state index in [4.69, 9.17) is 0 Å². The fraction of sp³-hybridized carbons (Fsp3) is 0.688. The lowest BCUT2D eigenvalue weighted by molar-refractivity contribution is 0.193. The zero-order valence-electron chi connectivity index (χ0n) is 13.8. The number of hydrogen-bond donors (Lipinski definition) is 1. The topological polar surface area (TPSA) is 64.6 Å². The average Bonchev–Trinajstić information content (AvgIpc) is 2.81. The van der Waals surface area contributed by atoms with E-state index in [1.54, 1.807) is 12.4 Å². The number of aromatic nitrogens is 2. The van der Waals surface area contributed by atoms with Gasteiger partial charge in [-0.1, -0.05) is 0 Å². The smallest absolute Gasteiger partial charge is 0.317 e. The number of hydrogen-bond acceptors (Lipinski definition) is 5. The molecule has 0 aromatic carbocycles. The van der Waals surface area contributed by atoms with Gasteiger partial charge in [0.25, 0.3) is 0 Å². The summed E-state index contributed by atoms with van der Waals surface area (Å²) in [6.45, 7) is 5.47. The molecule has 2 saturated heterocycles. The molecule has 1 N–H and O–H groups in total. The fourth-order valence-electron chi connectivity index (χ4n) is 3.19. The van der Waals surface area contributed by atoms with Gasteiger partial charge in [0.05, 0.1) is 0 Å². The van der Waals surface area contributed by atoms with E-state index in [-0.39, 0.29) is 12.1 Å². The minimum absolute atomic E-state index is 0.0923. The van der Waals surface area contributed by atoms with E-state index in [0.29, 0.717) is 0 Å². The highest BCUT2D eigenvalue weighted by molar-refractivity contribution is 5.74. The molecule has 2 aliphatic heterocycles. The molecule has 0 spiro atoms. The molecule has 1 aromatic heterocycles. The maximum atomic E-state index is 12.4. The van der Waals surface area contributed by atoms with Crippen LogP contribution in [0.4, 0.5) is 10.7 Å². The molecule has 7 nitrogen and oxygen atoms in total. The van der Waals surface area contributed by atoms with Gasteiger partial charge in [-0.3, -0.25) is 0 Å². The lowest BCUT2D eigenvalue weighted by Crippen LogP contribution is -2.50. The van der Waals surface area contributed by atoms with Crippen LogP contribution in [0.2, 0.25) is 0 Å². The molecule has 2 fully saturated rings. The van der Waals surface area contributed by atoms with Crippen molar-refractivity contribution in [3.8, 4) is 0 Å². The molecule has 0 unspecified atom stereocenters. The highest BCUT2D eigenvalue weighted by atomic mass is 16.2. The van der Waals surface area contributed by atoms with Gasteiger partial charge in [0.1, 0.15) is 0 Å². The second-order valence-electron chi connectivity index (χ2n) is 6.40. The van der Waals surface area contributed by atoms with Gasteiger partial charge in [0.2, 0.25) is 5.95 Å². The SMILES string of the molecule is CN1CCCN(C(=O)NC2CCN(c3ncccn3)CC2)CC1. The third-order valence-corrected chi connectivity index (χ3v) is 4.66. The number of carbonyl (C=O) groups is 1. The summed E-state index contributed by atoms with van der Waals surface area (Å²) < 4.78 is 0. The Labute approximate surface area is 137 Å². The summed E-state index contributed by atoms with van der Waals surface area (Å²) in [6, 6.07) is 2.17. The highest BCUT2D eigenvalue weighted by Crippen LogP contribution is 2.15. The molecule has 3 rings (SSSR count). The normalized spacial score (nSPS) is 21.1. The number of anilines is 1. The molecule has 126 valence electrons. The van der Waals surface area contributed by atoms with Gasteiger partial charge in [-0.15, -0.1) is 0 Å². The van der Waals surface area contributed by atoms with Gasteiger partial charge in [0.15, 0.2) is 0 Å². The first-order valence-corrected chi connectivity index (χ1v) is 8.48. The van der Waals surface area contributed by atoms with Crippen molar-refractivity contribution in [3.05, 3.63) is 18.5 Å². The van der Waals surface area contributed by atoms with Gasteiger partial charge in [-0.05, 0) is 38.9 Å². The van der Waals surface area contributed by atoms with Crippen molar-refractivity contribution in [1.82, 2.24) is 25.1 Å². The van der Waals surface area contributed by atoms with E-state index in [1.807, 2.05) is 11.0 Å². The number of piperidine rings is 1. The third-order valence-electron chi connectivity index (χ3n) is 4.66. The zero-order chi connectivity index (χ0) is 16.1. The molecule has 0 bridgehead atoms. The van der Waals surface area contributed by atoms with E-state index in [0.717, 1.165) is 64.5 Å². The van der Waals surface area contributed by atoms with E-state index >= 15 is 0 Å². The van der Waals surface area contributed by atoms with E-state index in [9.17, 15) is 4.79 Å². The van der Waals surface area contributed by atoms with Crippen molar-refractivity contribution in [3.63, 3.8) is 0 Å². The summed E-state index contributed by atoms with van der Waals surface area (Å²) in [5.41, 5.74) is 0. The molecule has 2 aliphatic rings. The molecule has 23 heavy (non-hydrogen) atoms. The van der Waals surface area contributed by atoms with Crippen LogP contribution in [0.1, 0.15) is 19.3 Å². The third kappa shape index (κ3) is 4.31. The van der Waals surface area contributed by atoms with E-state index in [2.05, 4.69) is 32.1 Å². The number of amides is 2. The Balaban J connectivity index is 1.46. The summed E-state index contributed by atoms with van der Waals surface area (Å²) in [5.74, 6) is 0.785. The Kier molecular flexibility index (Phi) is 5.27. The standard InChI is InChI=1S/C16H26N6O/c1-20-8-3-9-22(13-12-20)16(23)19-14-4-10-21(11-5-14)15-17-6-2-7-18-15/h2,6-7,14H,3-5,8-13H2,1H3,(H,19,23). The van der Waals surface area contributed by atoms with Crippen LogP contribution in [0.25, 0.3) is 0 Å². The first kappa shape index (κ1) is 16.0. The van der Waals surface area contributed by atoms with Gasteiger partial charge < -0.3 is 20.0 Å². The average molecular weight is 318 g/mol. The summed E-state index contributed by atoms with van der Waals surface area (Å²) in [5, 5.41) is 3.20. The minimum atomic E-state index is 0.0923. The van der Waals surface area contributed by atoms with Gasteiger partial charge >= 0.3 is 6.03 Å². The van der Waals surface area contributed by atoms with Crippen molar-refractivity contribution < 1.29 is 4.79 Å². The summed E-state index contributed by atoms with van der Waals surface area (Å²) in [6.07, 6.45) is 6.47. The van der Waals surface area contributed by atoms with E-state index < -0.39 is 0 Å². The zero-order valence-corrected chi connectivity index (χ0v) is 13.8. The van der Waals surface area contributed by atoms with Crippen LogP contribution in [0, 0.1) is 0 Å². The lowest BCUT2D eigenvalue weighted by atomic mass is 10.1. The number of likely N-dealkylation sites (N-methyl/N-ethyl adjacent to an activating group) is 1. The Morgan fingerprint density at radius 1 is 1.09 bits per heavy atom. The quantitative estimate of drug-likeness (QED) is 0.873. The molecule has 7 heteroatoms. The molecule has 1 aromatic rings. The largest absolute Gasteiger partial charge is 0.341 e. The lowest BCUT2D eigenvalue weighted by Gasteiger charge is -2.33. The molecule has 2 amide bonds. The van der Waals surface area contributed by atoms with Crippen LogP contribution in [-0.4, -0.2) is 78.2 Å². The Hall–Kier alpha value is -1.89. The summed E-state index contributed by atoms with van der Waals surface area (Å²) >= 11 is 0. The molecular weight excluding hydrogens is 292 g/mol. The second kappa shape index (κ2) is 7.59. The molecular formula is C16H26N6O. The van der Waals surface area contributed by atoms with Crippen molar-refractivity contribution in [2.75, 3.05) is 51.2 Å². The van der Waals surface area contributed by atoms with Gasteiger partial charge in [-0.2, -0.15) is 0 Å². The maximum absolute atomic E-state index is 12.4. The Morgan fingerprint density at radius 3 is 2.57 bits per heavy atom. The van der Waals surface area contributed by atoms with Crippen LogP contribution in [0.3, 0.4) is 0 Å². The molecule has 3 heterocycles. The van der Waals surface area contributed by atoms with Crippen molar-refractivity contribution in [1.29, 1.82) is 0 Å². The number of rotatable bonds is 2. The Bertz CT molecular complexity index is 503. The summed E-state index contributed by atoms with van der Waals surface area (Å²) in [4.78, 5) is 27.4. The number of nitrogens with zero attached hydrogens (tertiary/aromatic N) is 5. The second-order valence-corrected chi connectivity index (χ2v) is 6.40. The van der Waals surface area contributed by atoms with Crippen LogP contribution >= 0.6 is 0 Å². The Morgan fingerprint density at radius 2 is 1.83 bits per heavy atom. The number of urea groups is 1. The predicted molar refractivity (Wildman–Crippen MR) is 89.5 cm³/mol. The molecule has 0 saturated carbocycles. The van der Waals surface area contributed by atoms with Crippen molar-refractivity contribution >= 4 is 12.0 Å². The molecule has 0 atom stereocenters. The number of nitrogens with one attached hydrogen (secondary N) is 1. The van der Waals surface area contributed by atoms with Crippen LogP contribution in [0.15, 0.2) is 18.5 Å². The highest BCUT2D eigenvalue weighted by Gasteiger charge is 2.24. The molecule has 0 radical (unpaired) electrons. The first-order chi connectivity index (χ1) is 11.2. The number of carbonyl (C=O) groups excluding carboxylic acids is 1. The molecule has 0 aliphatic carbocycles.